The van der Waals surface area contributed by atoms with E-state index in [0.717, 1.165) is 18.4 Å². The summed E-state index contributed by atoms with van der Waals surface area (Å²) in [6, 6.07) is 15.4. The third kappa shape index (κ3) is 5.31. The minimum atomic E-state index is -3.58. The molecule has 3 aromatic rings. The first kappa shape index (κ1) is 21.7. The number of nitrogens with zero attached hydrogens (tertiary/aromatic N) is 3. The highest BCUT2D eigenvalue weighted by Crippen LogP contribution is 2.17. The number of anilines is 1. The minimum absolute atomic E-state index is 0.0121. The number of sulfonamides is 1. The van der Waals surface area contributed by atoms with Crippen LogP contribution in [0.2, 0.25) is 0 Å². The second-order valence-electron chi connectivity index (χ2n) is 6.82. The largest absolute Gasteiger partial charge is 0.407 e. The summed E-state index contributed by atoms with van der Waals surface area (Å²) >= 11 is 0. The summed E-state index contributed by atoms with van der Waals surface area (Å²) in [7, 11) is -2.03. The molecule has 3 rings (SSSR count). The predicted molar refractivity (Wildman–Crippen MR) is 113 cm³/mol. The van der Waals surface area contributed by atoms with Crippen LogP contribution >= 0.6 is 0 Å². The van der Waals surface area contributed by atoms with Gasteiger partial charge >= 0.3 is 6.01 Å². The van der Waals surface area contributed by atoms with Gasteiger partial charge in [-0.1, -0.05) is 48.8 Å². The van der Waals surface area contributed by atoms with Crippen LogP contribution in [0.25, 0.3) is 0 Å². The van der Waals surface area contributed by atoms with Crippen molar-refractivity contribution in [3.63, 3.8) is 0 Å². The number of rotatable bonds is 9. The molecule has 158 valence electrons. The molecule has 0 fully saturated rings. The Morgan fingerprint density at radius 2 is 1.77 bits per heavy atom. The van der Waals surface area contributed by atoms with Crippen molar-refractivity contribution in [1.29, 1.82) is 0 Å². The molecular weight excluding hydrogens is 404 g/mol. The lowest BCUT2D eigenvalue weighted by atomic mass is 10.2. The number of benzene rings is 2. The van der Waals surface area contributed by atoms with E-state index in [9.17, 15) is 13.2 Å². The van der Waals surface area contributed by atoms with Gasteiger partial charge in [-0.3, -0.25) is 10.1 Å². The highest BCUT2D eigenvalue weighted by Gasteiger charge is 2.21. The molecule has 0 aliphatic heterocycles. The van der Waals surface area contributed by atoms with Crippen molar-refractivity contribution in [2.24, 2.45) is 0 Å². The molecule has 0 spiro atoms. The predicted octanol–water partition coefficient (Wildman–Crippen LogP) is 3.33. The maximum absolute atomic E-state index is 12.6. The first-order chi connectivity index (χ1) is 14.4. The third-order valence-corrected chi connectivity index (χ3v) is 6.41. The Hall–Kier alpha value is -3.04. The van der Waals surface area contributed by atoms with E-state index >= 15 is 0 Å². The summed E-state index contributed by atoms with van der Waals surface area (Å²) < 4.78 is 31.9. The molecule has 9 heteroatoms. The first-order valence-electron chi connectivity index (χ1n) is 9.64. The van der Waals surface area contributed by atoms with Gasteiger partial charge < -0.3 is 4.42 Å². The Kier molecular flexibility index (Phi) is 6.96. The lowest BCUT2D eigenvalue weighted by Gasteiger charge is -2.16. The Labute approximate surface area is 176 Å². The van der Waals surface area contributed by atoms with E-state index < -0.39 is 15.9 Å². The average Bonchev–Trinajstić information content (AvgIpc) is 3.19. The number of hydrogen-bond donors (Lipinski definition) is 1. The monoisotopic (exact) mass is 428 g/mol. The number of aromatic nitrogens is 2. The van der Waals surface area contributed by atoms with Crippen LogP contribution in [-0.2, 0) is 16.4 Å². The van der Waals surface area contributed by atoms with Gasteiger partial charge in [0.1, 0.15) is 0 Å². The maximum atomic E-state index is 12.6. The fourth-order valence-corrected chi connectivity index (χ4v) is 3.98. The van der Waals surface area contributed by atoms with E-state index in [2.05, 4.69) is 15.5 Å². The lowest BCUT2D eigenvalue weighted by molar-refractivity contribution is 0.102. The van der Waals surface area contributed by atoms with Crippen molar-refractivity contribution < 1.29 is 17.6 Å². The second kappa shape index (κ2) is 9.64. The number of nitrogens with one attached hydrogen (secondary N) is 1. The van der Waals surface area contributed by atoms with Gasteiger partial charge in [0.2, 0.25) is 15.9 Å². The Morgan fingerprint density at radius 1 is 1.07 bits per heavy atom. The number of amides is 1. The molecule has 0 radical (unpaired) electrons. The van der Waals surface area contributed by atoms with Crippen molar-refractivity contribution in [2.45, 2.75) is 31.1 Å². The van der Waals surface area contributed by atoms with Crippen LogP contribution in [0.4, 0.5) is 6.01 Å². The summed E-state index contributed by atoms with van der Waals surface area (Å²) in [6.45, 7) is 2.45. The van der Waals surface area contributed by atoms with Crippen LogP contribution in [-0.4, -0.2) is 42.4 Å². The molecule has 0 unspecified atom stereocenters. The zero-order valence-electron chi connectivity index (χ0n) is 16.9. The molecule has 0 atom stereocenters. The van der Waals surface area contributed by atoms with Gasteiger partial charge in [-0.15, -0.1) is 5.10 Å². The van der Waals surface area contributed by atoms with Gasteiger partial charge in [0, 0.05) is 19.2 Å². The van der Waals surface area contributed by atoms with Crippen molar-refractivity contribution in [1.82, 2.24) is 14.5 Å². The van der Waals surface area contributed by atoms with Crippen LogP contribution in [0, 0.1) is 0 Å². The molecule has 0 saturated carbocycles. The summed E-state index contributed by atoms with van der Waals surface area (Å²) in [5, 5.41) is 10.3. The smallest absolute Gasteiger partial charge is 0.322 e. The van der Waals surface area contributed by atoms with Gasteiger partial charge in [0.15, 0.2) is 0 Å². The number of carbonyl (C=O) groups excluding carboxylic acids is 1. The third-order valence-electron chi connectivity index (χ3n) is 4.54. The van der Waals surface area contributed by atoms with E-state index in [1.807, 2.05) is 37.3 Å². The van der Waals surface area contributed by atoms with E-state index in [4.69, 9.17) is 4.42 Å². The molecule has 8 nitrogen and oxygen atoms in total. The van der Waals surface area contributed by atoms with E-state index in [-0.39, 0.29) is 16.5 Å². The van der Waals surface area contributed by atoms with Crippen molar-refractivity contribution in [3.8, 4) is 0 Å². The number of carbonyl (C=O) groups is 1. The first-order valence-corrected chi connectivity index (χ1v) is 11.1. The van der Waals surface area contributed by atoms with Crippen LogP contribution in [0.1, 0.15) is 41.6 Å². The SMILES string of the molecule is CCCCN(C)S(=O)(=O)c1ccc(C(=O)Nc2nnc(Cc3ccccc3)o2)cc1. The molecule has 1 amide bonds. The minimum Gasteiger partial charge on any atom is -0.407 e. The van der Waals surface area contributed by atoms with E-state index in [1.54, 1.807) is 7.05 Å². The molecule has 0 aliphatic carbocycles. The molecule has 1 aromatic heterocycles. The number of unbranched alkanes of at least 4 members (excludes halogenated alkanes) is 1. The molecule has 2 aromatic carbocycles. The molecule has 0 saturated heterocycles. The van der Waals surface area contributed by atoms with Gasteiger partial charge in [-0.05, 0) is 36.2 Å². The van der Waals surface area contributed by atoms with Crippen LogP contribution in [0.5, 0.6) is 0 Å². The number of hydrogen-bond acceptors (Lipinski definition) is 6. The summed E-state index contributed by atoms with van der Waals surface area (Å²) in [5.41, 5.74) is 1.30. The van der Waals surface area contributed by atoms with Gasteiger partial charge in [-0.25, -0.2) is 12.7 Å². The van der Waals surface area contributed by atoms with Crippen molar-refractivity contribution in [2.75, 3.05) is 18.9 Å². The molecule has 0 bridgehead atoms. The summed E-state index contributed by atoms with van der Waals surface area (Å²) in [6.07, 6.45) is 2.15. The lowest BCUT2D eigenvalue weighted by Crippen LogP contribution is -2.28. The molecule has 0 aliphatic rings. The van der Waals surface area contributed by atoms with Crippen LogP contribution in [0.3, 0.4) is 0 Å². The highest BCUT2D eigenvalue weighted by atomic mass is 32.2. The summed E-state index contributed by atoms with van der Waals surface area (Å²) in [5.74, 6) is -0.0822. The normalized spacial score (nSPS) is 11.6. The fourth-order valence-electron chi connectivity index (χ4n) is 2.77. The topological polar surface area (TPSA) is 105 Å². The van der Waals surface area contributed by atoms with Gasteiger partial charge in [0.25, 0.3) is 5.91 Å². The Morgan fingerprint density at radius 3 is 2.43 bits per heavy atom. The Bertz CT molecular complexity index is 1080. The second-order valence-corrected chi connectivity index (χ2v) is 8.87. The quantitative estimate of drug-likeness (QED) is 0.560. The molecule has 1 heterocycles. The summed E-state index contributed by atoms with van der Waals surface area (Å²) in [4.78, 5) is 12.6. The van der Waals surface area contributed by atoms with Crippen molar-refractivity contribution in [3.05, 3.63) is 71.6 Å². The van der Waals surface area contributed by atoms with E-state index in [1.165, 1.54) is 28.6 Å². The van der Waals surface area contributed by atoms with Crippen molar-refractivity contribution >= 4 is 21.9 Å². The van der Waals surface area contributed by atoms with Gasteiger partial charge in [0.05, 0.1) is 11.3 Å². The van der Waals surface area contributed by atoms with E-state index in [0.29, 0.717) is 18.9 Å². The zero-order chi connectivity index (χ0) is 21.6. The van der Waals surface area contributed by atoms with Crippen LogP contribution < -0.4 is 5.32 Å². The Balaban J connectivity index is 1.64. The molecule has 30 heavy (non-hydrogen) atoms. The molecular formula is C21H24N4O4S. The van der Waals surface area contributed by atoms with Gasteiger partial charge in [-0.2, -0.15) is 0 Å². The molecule has 1 N–H and O–H groups in total. The zero-order valence-corrected chi connectivity index (χ0v) is 17.7. The maximum Gasteiger partial charge on any atom is 0.322 e. The highest BCUT2D eigenvalue weighted by molar-refractivity contribution is 7.89. The fraction of sp³-hybridized carbons (Fsp3) is 0.286. The standard InChI is InChI=1S/C21H24N4O4S/c1-3-4-14-25(2)30(27,28)18-12-10-17(11-13-18)20(26)22-21-24-23-19(29-21)15-16-8-6-5-7-9-16/h5-13H,3-4,14-15H2,1-2H3,(H,22,24,26). The average molecular weight is 429 g/mol. The van der Waals surface area contributed by atoms with Crippen LogP contribution in [0.15, 0.2) is 63.9 Å².